The summed E-state index contributed by atoms with van der Waals surface area (Å²) < 4.78 is 18.0. The van der Waals surface area contributed by atoms with Gasteiger partial charge in [0, 0.05) is 6.61 Å². The number of aliphatic hydroxyl groups excluding tert-OH is 4. The van der Waals surface area contributed by atoms with Gasteiger partial charge in [0.2, 0.25) is 0 Å². The minimum absolute atomic E-state index is 0. The Kier molecular flexibility index (Phi) is 28.0. The summed E-state index contributed by atoms with van der Waals surface area (Å²) in [5, 5.41) is 41.7. The molecule has 0 amide bonds. The lowest BCUT2D eigenvalue weighted by molar-refractivity contribution is -0.893. The lowest BCUT2D eigenvalue weighted by atomic mass is 9.99. The first-order chi connectivity index (χ1) is 20.7. The first-order valence-corrected chi connectivity index (χ1v) is 18.1. The molecule has 1 rings (SSSR count). The highest BCUT2D eigenvalue weighted by Crippen LogP contribution is 2.23. The number of nitrogens with zero attached hydrogens (tertiary/aromatic N) is 1. The normalized spacial score (nSPS) is 23.0. The Bertz CT molecular complexity index is 630. The Balaban J connectivity index is 0.0000185. The van der Waals surface area contributed by atoms with Crippen LogP contribution in [0.15, 0.2) is 0 Å². The van der Waals surface area contributed by atoms with Crippen LogP contribution in [-0.2, 0) is 14.2 Å². The van der Waals surface area contributed by atoms with E-state index in [0.717, 1.165) is 30.3 Å². The summed E-state index contributed by atoms with van der Waals surface area (Å²) in [6.45, 7) is 6.65. The lowest BCUT2D eigenvalue weighted by Crippen LogP contribution is -3.00. The molecular formula is C35H72ClNO7. The average molecular weight is 654 g/mol. The Labute approximate surface area is 277 Å². The number of hydrogen-bond donors (Lipinski definition) is 4. The van der Waals surface area contributed by atoms with Gasteiger partial charge in [-0.25, -0.2) is 0 Å². The minimum atomic E-state index is -1.37. The van der Waals surface area contributed by atoms with Crippen LogP contribution in [0.5, 0.6) is 0 Å². The zero-order valence-electron chi connectivity index (χ0n) is 29.0. The second kappa shape index (κ2) is 28.0. The smallest absolute Gasteiger partial charge is 0.186 e. The van der Waals surface area contributed by atoms with E-state index in [2.05, 4.69) is 27.9 Å². The summed E-state index contributed by atoms with van der Waals surface area (Å²) in [6, 6.07) is 0. The van der Waals surface area contributed by atoms with Crippen molar-refractivity contribution in [1.29, 1.82) is 0 Å². The SMILES string of the molecule is CCCCCCCCCCCCO[C@@H]1O[C@H](COCC(O)C[N+](C)(C)CCCCCCCCCCCC)[C@@H](O)[C@H](O)[C@H]1O.[Cl-]. The zero-order valence-corrected chi connectivity index (χ0v) is 29.7. The summed E-state index contributed by atoms with van der Waals surface area (Å²) in [4.78, 5) is 0. The van der Waals surface area contributed by atoms with Crippen molar-refractivity contribution in [3.63, 3.8) is 0 Å². The van der Waals surface area contributed by atoms with Gasteiger partial charge in [-0.05, 0) is 19.3 Å². The monoisotopic (exact) mass is 653 g/mol. The van der Waals surface area contributed by atoms with Gasteiger partial charge in [-0.3, -0.25) is 0 Å². The maximum Gasteiger partial charge on any atom is 0.186 e. The predicted molar refractivity (Wildman–Crippen MR) is 175 cm³/mol. The molecule has 1 aliphatic rings. The summed E-state index contributed by atoms with van der Waals surface area (Å²) in [5.41, 5.74) is 0. The van der Waals surface area contributed by atoms with Gasteiger partial charge in [0.1, 0.15) is 37.1 Å². The van der Waals surface area contributed by atoms with E-state index in [1.165, 1.54) is 109 Å². The molecule has 44 heavy (non-hydrogen) atoms. The summed E-state index contributed by atoms with van der Waals surface area (Å²) in [5.74, 6) is 0. The first kappa shape index (κ1) is 44.0. The summed E-state index contributed by atoms with van der Waals surface area (Å²) in [7, 11) is 4.28. The van der Waals surface area contributed by atoms with Gasteiger partial charge in [0.25, 0.3) is 0 Å². The van der Waals surface area contributed by atoms with Crippen molar-refractivity contribution in [3.8, 4) is 0 Å². The van der Waals surface area contributed by atoms with Crippen LogP contribution in [-0.4, -0.2) is 109 Å². The van der Waals surface area contributed by atoms with Crippen LogP contribution in [0.3, 0.4) is 0 Å². The number of aliphatic hydroxyl groups is 4. The highest BCUT2D eigenvalue weighted by atomic mass is 35.5. The fraction of sp³-hybridized carbons (Fsp3) is 1.00. The Hall–Kier alpha value is -0.0300. The van der Waals surface area contributed by atoms with Crippen molar-refractivity contribution >= 4 is 0 Å². The van der Waals surface area contributed by atoms with E-state index in [9.17, 15) is 20.4 Å². The largest absolute Gasteiger partial charge is 1.00 e. The quantitative estimate of drug-likeness (QED) is 0.0726. The molecule has 1 heterocycles. The summed E-state index contributed by atoms with van der Waals surface area (Å²) >= 11 is 0. The lowest BCUT2D eigenvalue weighted by Gasteiger charge is -2.40. The number of rotatable bonds is 29. The predicted octanol–water partition coefficient (Wildman–Crippen LogP) is 3.11. The van der Waals surface area contributed by atoms with Crippen molar-refractivity contribution < 1.29 is 51.5 Å². The molecule has 9 heteroatoms. The molecule has 0 aliphatic carbocycles. The fourth-order valence-electron chi connectivity index (χ4n) is 6.04. The van der Waals surface area contributed by atoms with Crippen LogP contribution in [0.2, 0.25) is 0 Å². The molecule has 1 saturated heterocycles. The number of unbranched alkanes of at least 4 members (excludes halogenated alkanes) is 18. The fourth-order valence-corrected chi connectivity index (χ4v) is 6.04. The third-order valence-corrected chi connectivity index (χ3v) is 8.86. The van der Waals surface area contributed by atoms with E-state index < -0.39 is 36.8 Å². The van der Waals surface area contributed by atoms with Crippen molar-refractivity contribution in [2.45, 2.75) is 179 Å². The topological polar surface area (TPSA) is 109 Å². The molecule has 1 fully saturated rings. The van der Waals surface area contributed by atoms with Crippen LogP contribution >= 0.6 is 0 Å². The highest BCUT2D eigenvalue weighted by Gasteiger charge is 2.44. The number of halogens is 1. The van der Waals surface area contributed by atoms with Gasteiger partial charge >= 0.3 is 0 Å². The Morgan fingerprint density at radius 1 is 0.636 bits per heavy atom. The molecule has 0 aromatic heterocycles. The molecule has 6 atom stereocenters. The third-order valence-electron chi connectivity index (χ3n) is 8.86. The summed E-state index contributed by atoms with van der Waals surface area (Å²) in [6.07, 6.45) is 18.9. The molecule has 1 unspecified atom stereocenters. The molecule has 0 aromatic carbocycles. The third kappa shape index (κ3) is 21.7. The average Bonchev–Trinajstić information content (AvgIpc) is 2.97. The van der Waals surface area contributed by atoms with E-state index in [-0.39, 0.29) is 25.6 Å². The number of likely N-dealkylation sites (N-methyl/N-ethyl adjacent to an activating group) is 1. The van der Waals surface area contributed by atoms with E-state index in [1.54, 1.807) is 0 Å². The van der Waals surface area contributed by atoms with E-state index in [4.69, 9.17) is 14.2 Å². The molecule has 0 aromatic rings. The van der Waals surface area contributed by atoms with E-state index >= 15 is 0 Å². The molecule has 0 saturated carbocycles. The van der Waals surface area contributed by atoms with Gasteiger partial charge in [-0.2, -0.15) is 0 Å². The number of hydrogen-bond acceptors (Lipinski definition) is 7. The number of quaternary nitrogens is 1. The second-order valence-corrected chi connectivity index (χ2v) is 13.8. The molecule has 4 N–H and O–H groups in total. The first-order valence-electron chi connectivity index (χ1n) is 18.1. The number of ether oxygens (including phenoxy) is 3. The van der Waals surface area contributed by atoms with Crippen LogP contribution in [0, 0.1) is 0 Å². The van der Waals surface area contributed by atoms with Gasteiger partial charge in [0.15, 0.2) is 6.29 Å². The van der Waals surface area contributed by atoms with E-state index in [0.29, 0.717) is 13.2 Å². The van der Waals surface area contributed by atoms with Gasteiger partial charge in [-0.15, -0.1) is 0 Å². The molecule has 0 spiro atoms. The van der Waals surface area contributed by atoms with Crippen LogP contribution in [0.1, 0.15) is 142 Å². The van der Waals surface area contributed by atoms with Crippen LogP contribution in [0.25, 0.3) is 0 Å². The second-order valence-electron chi connectivity index (χ2n) is 13.8. The van der Waals surface area contributed by atoms with Crippen molar-refractivity contribution in [2.24, 2.45) is 0 Å². The maximum absolute atomic E-state index is 10.6. The van der Waals surface area contributed by atoms with Crippen LogP contribution < -0.4 is 12.4 Å². The van der Waals surface area contributed by atoms with Gasteiger partial charge in [0.05, 0.1) is 33.9 Å². The highest BCUT2D eigenvalue weighted by molar-refractivity contribution is 4.89. The maximum atomic E-state index is 10.6. The zero-order chi connectivity index (χ0) is 31.8. The van der Waals surface area contributed by atoms with Gasteiger partial charge < -0.3 is 51.5 Å². The molecule has 0 bridgehead atoms. The molecular weight excluding hydrogens is 582 g/mol. The molecule has 1 aliphatic heterocycles. The minimum Gasteiger partial charge on any atom is -1.00 e. The van der Waals surface area contributed by atoms with Crippen LogP contribution in [0.4, 0.5) is 0 Å². The standard InChI is InChI=1S/C35H72NO7.ClH/c1-5-7-9-11-13-15-17-19-21-23-25-36(3,4)27-30(37)28-41-29-31-32(38)33(39)34(40)35(43-31)42-26-24-22-20-18-16-14-12-10-8-6-2;/h30-35,37-40H,5-29H2,1-4H3;1H/q+1;/p-1/t30?,31-,32-,33+,34-,35-;/m1./s1. The van der Waals surface area contributed by atoms with E-state index in [1.807, 2.05) is 0 Å². The Morgan fingerprint density at radius 2 is 1.09 bits per heavy atom. The van der Waals surface area contributed by atoms with Gasteiger partial charge in [-0.1, -0.05) is 123 Å². The molecule has 0 radical (unpaired) electrons. The van der Waals surface area contributed by atoms with Crippen molar-refractivity contribution in [2.75, 3.05) is 47.0 Å². The van der Waals surface area contributed by atoms with Crippen molar-refractivity contribution in [1.82, 2.24) is 0 Å². The van der Waals surface area contributed by atoms with Crippen molar-refractivity contribution in [3.05, 3.63) is 0 Å². The molecule has 8 nitrogen and oxygen atoms in total. The Morgan fingerprint density at radius 3 is 1.59 bits per heavy atom. The molecule has 266 valence electrons.